The van der Waals surface area contributed by atoms with Gasteiger partial charge in [-0.3, -0.25) is 4.79 Å². The molecule has 1 fully saturated rings. The molecule has 9 heteroatoms. The van der Waals surface area contributed by atoms with Crippen LogP contribution in [0.15, 0.2) is 65.3 Å². The summed E-state index contributed by atoms with van der Waals surface area (Å²) in [7, 11) is 0. The van der Waals surface area contributed by atoms with E-state index in [0.717, 1.165) is 39.8 Å². The number of benzene rings is 1. The van der Waals surface area contributed by atoms with Gasteiger partial charge in [-0.2, -0.15) is 0 Å². The Morgan fingerprint density at radius 2 is 2.16 bits per heavy atom. The Hall–Kier alpha value is -3.21. The Morgan fingerprint density at radius 1 is 1.29 bits per heavy atom. The molecule has 0 bridgehead atoms. The summed E-state index contributed by atoms with van der Waals surface area (Å²) >= 11 is -1.57. The molecule has 2 N–H and O–H groups in total. The van der Waals surface area contributed by atoms with E-state index in [1.165, 1.54) is 9.14 Å². The van der Waals surface area contributed by atoms with Gasteiger partial charge in [0.1, 0.15) is 0 Å². The fraction of sp³-hybridized carbons (Fsp3) is 0.379. The van der Waals surface area contributed by atoms with Gasteiger partial charge in [-0.1, -0.05) is 0 Å². The number of fused-ring (bicyclic) bond motifs is 1. The predicted molar refractivity (Wildman–Crippen MR) is 159 cm³/mol. The zero-order valence-corrected chi connectivity index (χ0v) is 24.0. The van der Waals surface area contributed by atoms with Gasteiger partial charge in [0.15, 0.2) is 0 Å². The second-order valence-corrected chi connectivity index (χ2v) is 15.3. The number of carbonyl (C=O) groups is 2. The first-order chi connectivity index (χ1) is 18.5. The first-order valence-electron chi connectivity index (χ1n) is 13.2. The van der Waals surface area contributed by atoms with E-state index in [4.69, 9.17) is 9.73 Å². The monoisotopic (exact) mass is 627 g/mol. The van der Waals surface area contributed by atoms with Crippen LogP contribution in [0, 0.1) is 3.57 Å². The SMILES string of the molecule is CCI1C(=NC2C=CC(C)=CC2)Nc2cc(Oc3ccnc(C(=O)NCCCN4CCCC4=O)c3)ccc21. The van der Waals surface area contributed by atoms with Gasteiger partial charge in [-0.05, 0) is 6.42 Å². The maximum absolute atomic E-state index is 12.6. The molecule has 2 amide bonds. The van der Waals surface area contributed by atoms with Crippen LogP contribution in [0.5, 0.6) is 11.5 Å². The number of likely N-dealkylation sites (tertiary alicyclic amines) is 1. The van der Waals surface area contributed by atoms with Crippen molar-refractivity contribution in [2.75, 3.05) is 29.4 Å². The summed E-state index contributed by atoms with van der Waals surface area (Å²) in [6.45, 7) is 6.35. The Kier molecular flexibility index (Phi) is 8.41. The van der Waals surface area contributed by atoms with E-state index in [2.05, 4.69) is 53.8 Å². The molecular formula is C29H34IN5O3. The van der Waals surface area contributed by atoms with Gasteiger partial charge in [0, 0.05) is 19.5 Å². The molecule has 1 aliphatic carbocycles. The van der Waals surface area contributed by atoms with Crippen LogP contribution in [0.1, 0.15) is 50.0 Å². The average Bonchev–Trinajstić information content (AvgIpc) is 3.49. The van der Waals surface area contributed by atoms with Crippen molar-refractivity contribution in [3.8, 4) is 11.5 Å². The first-order valence-corrected chi connectivity index (χ1v) is 16.9. The molecule has 2 aromatic rings. The van der Waals surface area contributed by atoms with E-state index in [-0.39, 0.29) is 17.9 Å². The van der Waals surface area contributed by atoms with Crippen molar-refractivity contribution in [3.63, 3.8) is 0 Å². The third-order valence-corrected chi connectivity index (χ3v) is 12.4. The van der Waals surface area contributed by atoms with Crippen LogP contribution >= 0.6 is 19.8 Å². The molecule has 1 aromatic heterocycles. The van der Waals surface area contributed by atoms with E-state index in [9.17, 15) is 9.59 Å². The molecular weight excluding hydrogens is 593 g/mol. The van der Waals surface area contributed by atoms with Gasteiger partial charge < -0.3 is 4.90 Å². The topological polar surface area (TPSA) is 95.9 Å². The first kappa shape index (κ1) is 26.4. The molecule has 1 aromatic carbocycles. The quantitative estimate of drug-likeness (QED) is 0.169. The molecule has 5 rings (SSSR count). The fourth-order valence-electron chi connectivity index (χ4n) is 4.68. The van der Waals surface area contributed by atoms with Crippen LogP contribution < -0.4 is 15.4 Å². The summed E-state index contributed by atoms with van der Waals surface area (Å²) in [5, 5.41) is 6.48. The van der Waals surface area contributed by atoms with Gasteiger partial charge in [0.25, 0.3) is 0 Å². The zero-order valence-electron chi connectivity index (χ0n) is 21.9. The molecule has 3 heterocycles. The zero-order chi connectivity index (χ0) is 26.5. The number of halogens is 1. The summed E-state index contributed by atoms with van der Waals surface area (Å²) in [5.74, 6) is 1.21. The number of aromatic nitrogens is 1. The summed E-state index contributed by atoms with van der Waals surface area (Å²) in [6, 6.07) is 9.78. The summed E-state index contributed by atoms with van der Waals surface area (Å²) in [4.78, 5) is 35.5. The van der Waals surface area contributed by atoms with E-state index in [0.29, 0.717) is 36.7 Å². The number of rotatable bonds is 9. The molecule has 1 unspecified atom stereocenters. The van der Waals surface area contributed by atoms with Gasteiger partial charge >= 0.3 is 190 Å². The van der Waals surface area contributed by atoms with Crippen LogP contribution in [0.2, 0.25) is 0 Å². The minimum absolute atomic E-state index is 0.196. The van der Waals surface area contributed by atoms with Crippen LogP contribution in [0.25, 0.3) is 0 Å². The Bertz CT molecular complexity index is 1300. The van der Waals surface area contributed by atoms with Crippen molar-refractivity contribution in [3.05, 3.63) is 69.6 Å². The molecule has 0 saturated carbocycles. The molecule has 2 aliphatic heterocycles. The number of aliphatic imine (C=N–C) groups is 1. The molecule has 38 heavy (non-hydrogen) atoms. The van der Waals surface area contributed by atoms with Gasteiger partial charge in [-0.25, -0.2) is 0 Å². The van der Waals surface area contributed by atoms with Crippen molar-refractivity contribution in [2.45, 2.75) is 45.6 Å². The van der Waals surface area contributed by atoms with E-state index in [1.807, 2.05) is 17.0 Å². The van der Waals surface area contributed by atoms with E-state index >= 15 is 0 Å². The molecule has 1 atom stereocenters. The van der Waals surface area contributed by atoms with Crippen molar-refractivity contribution < 1.29 is 14.3 Å². The standard InChI is InChI=1S/C29H34IN5O3/c1-3-30-24-12-11-22(18-25(24)34-29(30)33-21-9-7-20(2)8-10-21)38-23-13-15-31-26(19-23)28(37)32-14-5-17-35-16-4-6-27(35)36/h7-9,11-13,15,18-19,21H,3-6,10,14,16-17H2,1-2H3,(H,32,37)(H,33,34). The number of pyridine rings is 1. The summed E-state index contributed by atoms with van der Waals surface area (Å²) < 4.78 is 9.77. The van der Waals surface area contributed by atoms with Crippen molar-refractivity contribution in [2.24, 2.45) is 4.99 Å². The van der Waals surface area contributed by atoms with Crippen LogP contribution in [-0.4, -0.2) is 55.6 Å². The van der Waals surface area contributed by atoms with Crippen LogP contribution in [0.3, 0.4) is 0 Å². The number of hydrogen-bond acceptors (Lipinski definition) is 5. The second kappa shape index (κ2) is 12.1. The molecule has 200 valence electrons. The third kappa shape index (κ3) is 6.25. The number of nitrogens with zero attached hydrogens (tertiary/aromatic N) is 3. The second-order valence-electron chi connectivity index (χ2n) is 9.50. The Morgan fingerprint density at radius 3 is 2.92 bits per heavy atom. The normalized spacial score (nSPS) is 20.4. The maximum atomic E-state index is 12.6. The number of carbonyl (C=O) groups excluding carboxylic acids is 2. The number of alkyl halides is 1. The fourth-order valence-corrected chi connectivity index (χ4v) is 9.69. The number of amides is 2. The molecule has 3 aliphatic rings. The number of allylic oxidation sites excluding steroid dienone is 2. The van der Waals surface area contributed by atoms with Gasteiger partial charge in [-0.15, -0.1) is 0 Å². The van der Waals surface area contributed by atoms with Crippen molar-refractivity contribution in [1.29, 1.82) is 0 Å². The summed E-state index contributed by atoms with van der Waals surface area (Å²) in [6.07, 6.45) is 11.4. The molecule has 8 nitrogen and oxygen atoms in total. The average molecular weight is 628 g/mol. The van der Waals surface area contributed by atoms with Crippen LogP contribution in [0.4, 0.5) is 5.69 Å². The third-order valence-electron chi connectivity index (χ3n) is 6.71. The number of anilines is 1. The molecule has 0 spiro atoms. The number of nitrogens with one attached hydrogen (secondary N) is 2. The Balaban J connectivity index is 1.19. The summed E-state index contributed by atoms with van der Waals surface area (Å²) in [5.41, 5.74) is 2.67. The number of hydrogen-bond donors (Lipinski definition) is 2. The number of ether oxygens (including phenoxy) is 1. The molecule has 0 radical (unpaired) electrons. The molecule has 1 saturated heterocycles. The van der Waals surface area contributed by atoms with E-state index < -0.39 is 19.8 Å². The van der Waals surface area contributed by atoms with Gasteiger partial charge in [0.2, 0.25) is 5.91 Å². The predicted octanol–water partition coefficient (Wildman–Crippen LogP) is 5.37. The Labute approximate surface area is 231 Å². The van der Waals surface area contributed by atoms with E-state index in [1.54, 1.807) is 18.3 Å². The minimum atomic E-state index is -1.57. The van der Waals surface area contributed by atoms with Crippen LogP contribution in [-0.2, 0) is 4.79 Å². The van der Waals surface area contributed by atoms with Gasteiger partial charge in [0.05, 0.1) is 0 Å². The number of amidine groups is 1. The van der Waals surface area contributed by atoms with Crippen molar-refractivity contribution in [1.82, 2.24) is 15.2 Å². The van der Waals surface area contributed by atoms with Crippen molar-refractivity contribution >= 4 is 41.2 Å².